The molecule has 1 aliphatic heterocycles. The first-order valence-corrected chi connectivity index (χ1v) is 11.3. The Bertz CT molecular complexity index is 873. The molecule has 0 bridgehead atoms. The number of aliphatic hydroxyl groups is 1. The topological polar surface area (TPSA) is 66.9 Å². The van der Waals surface area contributed by atoms with Crippen LogP contribution in [0, 0.1) is 28.6 Å². The molecule has 0 aromatic rings. The van der Waals surface area contributed by atoms with E-state index in [2.05, 4.69) is 0 Å². The molecule has 2 unspecified atom stereocenters. The van der Waals surface area contributed by atoms with Gasteiger partial charge in [0.1, 0.15) is 23.4 Å². The van der Waals surface area contributed by atoms with Crippen LogP contribution in [-0.2, 0) is 14.3 Å². The van der Waals surface area contributed by atoms with E-state index in [1.54, 1.807) is 6.08 Å². The van der Waals surface area contributed by atoms with E-state index in [0.717, 1.165) is 0 Å². The first-order chi connectivity index (χ1) is 13.6. The lowest BCUT2D eigenvalue weighted by Crippen LogP contribution is -2.62. The van der Waals surface area contributed by atoms with Crippen LogP contribution in [0.3, 0.4) is 0 Å². The van der Waals surface area contributed by atoms with Crippen molar-refractivity contribution in [2.45, 2.75) is 63.5 Å². The zero-order valence-electron chi connectivity index (χ0n) is 16.8. The molecule has 0 aromatic heterocycles. The Hall–Kier alpha value is -1.05. The maximum Gasteiger partial charge on any atom is 0.223 e. The predicted octanol–water partition coefficient (Wildman–Crippen LogP) is 3.54. The Kier molecular flexibility index (Phi) is 3.98. The second-order valence-electron chi connectivity index (χ2n) is 9.92. The number of alkyl halides is 2. The highest BCUT2D eigenvalue weighted by molar-refractivity contribution is 8.13. The normalized spacial score (nSPS) is 54.8. The first kappa shape index (κ1) is 19.9. The number of hydrogen-bond acceptors (Lipinski definition) is 5. The number of halogens is 2. The number of allylic oxidation sites excluding steroid dienone is 2. The summed E-state index contributed by atoms with van der Waals surface area (Å²) in [6.45, 7) is 5.67. The quantitative estimate of drug-likeness (QED) is 0.687. The van der Waals surface area contributed by atoms with Crippen molar-refractivity contribution >= 4 is 22.7 Å². The molecule has 5 aliphatic rings. The largest absolute Gasteiger partial charge is 0.380 e. The second-order valence-corrected chi connectivity index (χ2v) is 10.8. The number of epoxide rings is 1. The minimum atomic E-state index is -1.66. The van der Waals surface area contributed by atoms with Crippen LogP contribution < -0.4 is 0 Å². The molecule has 4 fully saturated rings. The second kappa shape index (κ2) is 5.80. The lowest BCUT2D eigenvalue weighted by Gasteiger charge is -2.56. The zero-order chi connectivity index (χ0) is 21.0. The maximum absolute atomic E-state index is 15.4. The smallest absolute Gasteiger partial charge is 0.223 e. The number of carbonyl (C=O) groups is 2. The summed E-state index contributed by atoms with van der Waals surface area (Å²) in [4.78, 5) is 24.7. The molecule has 5 rings (SSSR count). The van der Waals surface area contributed by atoms with Crippen molar-refractivity contribution in [2.75, 3.05) is 6.01 Å². The molecule has 1 N–H and O–H groups in total. The molecule has 1 spiro atoms. The third kappa shape index (κ3) is 2.07. The number of ether oxygens (including phenoxy) is 1. The van der Waals surface area contributed by atoms with Crippen LogP contribution in [-0.4, -0.2) is 45.5 Å². The standard InChI is InChI=1S/C22H26F2O4S/c1-11-6-13-14-8-16(24)15-7-12(25)4-5-19(15,2)22(14)17(28-22)9-20(13,3)21(11,27)18(26)29-10-23/h4-5,7,11,13-14,16-17,27H,6,8-10H2,1-3H3/t11-,13?,14?,16+,17+,19+,20+,21+,22-/m1/s1. The summed E-state index contributed by atoms with van der Waals surface area (Å²) in [5.41, 5.74) is -3.29. The molecular weight excluding hydrogens is 398 g/mol. The Morgan fingerprint density at radius 1 is 1.34 bits per heavy atom. The predicted molar refractivity (Wildman–Crippen MR) is 104 cm³/mol. The first-order valence-electron chi connectivity index (χ1n) is 10.3. The minimum Gasteiger partial charge on any atom is -0.380 e. The van der Waals surface area contributed by atoms with Crippen molar-refractivity contribution in [1.29, 1.82) is 0 Å². The van der Waals surface area contributed by atoms with Crippen molar-refractivity contribution in [3.05, 3.63) is 23.8 Å². The highest BCUT2D eigenvalue weighted by Crippen LogP contribution is 2.76. The van der Waals surface area contributed by atoms with Gasteiger partial charge in [0.25, 0.3) is 0 Å². The highest BCUT2D eigenvalue weighted by Gasteiger charge is 2.82. The van der Waals surface area contributed by atoms with Crippen LogP contribution in [0.25, 0.3) is 0 Å². The number of thioether (sulfide) groups is 1. The van der Waals surface area contributed by atoms with Gasteiger partial charge in [-0.15, -0.1) is 0 Å². The Labute approximate surface area is 173 Å². The molecule has 3 saturated carbocycles. The van der Waals surface area contributed by atoms with Crippen molar-refractivity contribution < 1.29 is 28.2 Å². The number of hydrogen-bond donors (Lipinski definition) is 1. The van der Waals surface area contributed by atoms with Gasteiger partial charge < -0.3 is 9.84 Å². The van der Waals surface area contributed by atoms with Crippen LogP contribution in [0.4, 0.5) is 8.78 Å². The fraction of sp³-hybridized carbons (Fsp3) is 0.727. The van der Waals surface area contributed by atoms with Crippen LogP contribution in [0.5, 0.6) is 0 Å². The van der Waals surface area contributed by atoms with Crippen molar-refractivity contribution in [2.24, 2.45) is 28.6 Å². The summed E-state index contributed by atoms with van der Waals surface area (Å²) in [5, 5.41) is 11.0. The van der Waals surface area contributed by atoms with E-state index in [4.69, 9.17) is 4.74 Å². The number of rotatable bonds is 2. The van der Waals surface area contributed by atoms with Gasteiger partial charge in [-0.1, -0.05) is 31.7 Å². The summed E-state index contributed by atoms with van der Waals surface area (Å²) >= 11 is 0.518. The molecule has 4 nitrogen and oxygen atoms in total. The van der Waals surface area contributed by atoms with Gasteiger partial charge in [0.2, 0.25) is 5.12 Å². The van der Waals surface area contributed by atoms with Crippen LogP contribution in [0.2, 0.25) is 0 Å². The van der Waals surface area contributed by atoms with E-state index in [-0.39, 0.29) is 36.1 Å². The fourth-order valence-corrected chi connectivity index (χ4v) is 8.32. The SMILES string of the molecule is C[C@@H]1CC2C3C[C@H](F)C4=CC(=O)C=C[C@]4(C)[C@@]34O[C@H]4C[C@]2(C)[C@@]1(O)C(=O)SCF. The number of carbonyl (C=O) groups excluding carboxylic acids is 2. The van der Waals surface area contributed by atoms with E-state index >= 15 is 4.39 Å². The van der Waals surface area contributed by atoms with E-state index in [1.807, 2.05) is 20.8 Å². The molecule has 0 radical (unpaired) electrons. The summed E-state index contributed by atoms with van der Waals surface area (Å²) in [7, 11) is 0. The minimum absolute atomic E-state index is 0.118. The molecule has 0 aromatic carbocycles. The number of ketones is 1. The molecule has 0 amide bonds. The van der Waals surface area contributed by atoms with Gasteiger partial charge in [-0.3, -0.25) is 9.59 Å². The van der Waals surface area contributed by atoms with Gasteiger partial charge in [0.05, 0.1) is 6.10 Å². The summed E-state index contributed by atoms with van der Waals surface area (Å²) in [6.07, 6.45) is 4.46. The Balaban J connectivity index is 1.60. The molecule has 29 heavy (non-hydrogen) atoms. The van der Waals surface area contributed by atoms with Crippen molar-refractivity contribution in [3.63, 3.8) is 0 Å². The molecule has 9 atom stereocenters. The van der Waals surface area contributed by atoms with Crippen molar-refractivity contribution in [1.82, 2.24) is 0 Å². The number of fused-ring (bicyclic) bond motifs is 3. The lowest BCUT2D eigenvalue weighted by atomic mass is 9.46. The van der Waals surface area contributed by atoms with Crippen LogP contribution in [0.1, 0.15) is 40.0 Å². The van der Waals surface area contributed by atoms with Gasteiger partial charge in [0, 0.05) is 10.8 Å². The average Bonchev–Trinajstić information content (AvgIpc) is 3.34. The monoisotopic (exact) mass is 424 g/mol. The Morgan fingerprint density at radius 3 is 2.76 bits per heavy atom. The molecule has 7 heteroatoms. The van der Waals surface area contributed by atoms with Crippen LogP contribution in [0.15, 0.2) is 23.8 Å². The Morgan fingerprint density at radius 2 is 2.07 bits per heavy atom. The third-order valence-electron chi connectivity index (χ3n) is 9.00. The molecule has 1 saturated heterocycles. The highest BCUT2D eigenvalue weighted by atomic mass is 32.2. The van der Waals surface area contributed by atoms with E-state index in [9.17, 15) is 19.1 Å². The maximum atomic E-state index is 15.4. The van der Waals surface area contributed by atoms with E-state index in [0.29, 0.717) is 30.2 Å². The van der Waals surface area contributed by atoms with E-state index in [1.165, 1.54) is 12.2 Å². The molecule has 158 valence electrons. The zero-order valence-corrected chi connectivity index (χ0v) is 17.6. The summed E-state index contributed by atoms with van der Waals surface area (Å²) in [6, 6.07) is -0.875. The average molecular weight is 425 g/mol. The van der Waals surface area contributed by atoms with Gasteiger partial charge >= 0.3 is 0 Å². The fourth-order valence-electron chi connectivity index (χ4n) is 7.57. The summed E-state index contributed by atoms with van der Waals surface area (Å²) in [5.74, 6) is -0.843. The molecular formula is C22H26F2O4S. The molecule has 4 aliphatic carbocycles. The van der Waals surface area contributed by atoms with Gasteiger partial charge in [0.15, 0.2) is 5.78 Å². The lowest BCUT2D eigenvalue weighted by molar-refractivity contribution is -0.154. The summed E-state index contributed by atoms with van der Waals surface area (Å²) < 4.78 is 34.6. The van der Waals surface area contributed by atoms with E-state index < -0.39 is 39.3 Å². The van der Waals surface area contributed by atoms with Gasteiger partial charge in [-0.25, -0.2) is 8.78 Å². The van der Waals surface area contributed by atoms with Crippen molar-refractivity contribution in [3.8, 4) is 0 Å². The van der Waals surface area contributed by atoms with Crippen LogP contribution >= 0.6 is 11.8 Å². The van der Waals surface area contributed by atoms with Gasteiger partial charge in [-0.05, 0) is 61.7 Å². The molecule has 1 heterocycles. The third-order valence-corrected chi connectivity index (χ3v) is 9.68. The van der Waals surface area contributed by atoms with Gasteiger partial charge in [-0.2, -0.15) is 0 Å².